The lowest BCUT2D eigenvalue weighted by molar-refractivity contribution is -0.134. The lowest BCUT2D eigenvalue weighted by Gasteiger charge is -2.60. The number of amides is 2. The highest BCUT2D eigenvalue weighted by molar-refractivity contribution is 6.50. The van der Waals surface area contributed by atoms with E-state index in [9.17, 15) is 29.5 Å². The van der Waals surface area contributed by atoms with E-state index in [4.69, 9.17) is 18.9 Å². The molecule has 1 fully saturated rings. The number of piperazine rings is 1. The summed E-state index contributed by atoms with van der Waals surface area (Å²) in [5.41, 5.74) is 2.20. The van der Waals surface area contributed by atoms with Gasteiger partial charge in [-0.2, -0.15) is 5.26 Å². The van der Waals surface area contributed by atoms with E-state index >= 15 is 0 Å². The van der Waals surface area contributed by atoms with Crippen LogP contribution < -0.4 is 20.1 Å². The third kappa shape index (κ3) is 6.26. The van der Waals surface area contributed by atoms with Gasteiger partial charge in [0.15, 0.2) is 18.3 Å². The van der Waals surface area contributed by atoms with E-state index in [-0.39, 0.29) is 42.7 Å². The normalized spacial score (nSPS) is 25.8. The van der Waals surface area contributed by atoms with Crippen molar-refractivity contribution in [3.63, 3.8) is 0 Å². The van der Waals surface area contributed by atoms with Gasteiger partial charge < -0.3 is 34.7 Å². The number of alkyl carbamates (subject to hydrolysis) is 1. The number of aliphatic hydroxyl groups is 1. The van der Waals surface area contributed by atoms with Crippen molar-refractivity contribution in [3.05, 3.63) is 45.2 Å². The molecule has 0 aromatic heterocycles. The number of methoxy groups -OCH3 is 2. The van der Waals surface area contributed by atoms with Crippen molar-refractivity contribution in [1.29, 1.82) is 5.26 Å². The number of ketones is 2. The molecule has 3 N–H and O–H groups in total. The van der Waals surface area contributed by atoms with Gasteiger partial charge in [-0.05, 0) is 72.6 Å². The third-order valence-corrected chi connectivity index (χ3v) is 9.78. The monoisotopic (exact) mass is 679 g/mol. The van der Waals surface area contributed by atoms with Gasteiger partial charge in [-0.3, -0.25) is 24.2 Å². The highest BCUT2D eigenvalue weighted by Gasteiger charge is 2.57. The Morgan fingerprint density at radius 1 is 1.12 bits per heavy atom. The van der Waals surface area contributed by atoms with Gasteiger partial charge in [-0.25, -0.2) is 4.79 Å². The fourth-order valence-electron chi connectivity index (χ4n) is 7.72. The van der Waals surface area contributed by atoms with Gasteiger partial charge in [0.2, 0.25) is 17.5 Å². The second-order valence-corrected chi connectivity index (χ2v) is 14.0. The Kier molecular flexibility index (Phi) is 9.84. The number of nitriles is 1. The van der Waals surface area contributed by atoms with Crippen LogP contribution in [0.5, 0.6) is 11.5 Å². The number of carbonyl (C=O) groups excluding carboxylic acids is 4. The molecular weight excluding hydrogens is 634 g/mol. The molecular formula is C35H45N5O9. The van der Waals surface area contributed by atoms with Crippen molar-refractivity contribution in [2.24, 2.45) is 0 Å². The summed E-state index contributed by atoms with van der Waals surface area (Å²) in [6, 6.07) is 0.496. The number of hydrogen-bond acceptors (Lipinski definition) is 12. The molecule has 49 heavy (non-hydrogen) atoms. The molecule has 0 spiro atoms. The summed E-state index contributed by atoms with van der Waals surface area (Å²) in [4.78, 5) is 56.6. The molecule has 3 aliphatic heterocycles. The van der Waals surface area contributed by atoms with Crippen LogP contribution in [-0.4, -0.2) is 109 Å². The van der Waals surface area contributed by atoms with E-state index in [2.05, 4.69) is 21.6 Å². The second-order valence-electron chi connectivity index (χ2n) is 14.0. The van der Waals surface area contributed by atoms with Crippen LogP contribution in [0.15, 0.2) is 28.5 Å². The minimum atomic E-state index is -1.01. The van der Waals surface area contributed by atoms with Gasteiger partial charge in [0.05, 0.1) is 25.3 Å². The van der Waals surface area contributed by atoms with Gasteiger partial charge in [0, 0.05) is 48.0 Å². The number of likely N-dealkylation sites (N-methyl/N-ethyl adjacent to an activating group) is 1. The first kappa shape index (κ1) is 35.8. The van der Waals surface area contributed by atoms with Crippen molar-refractivity contribution >= 4 is 23.6 Å². The Labute approximate surface area is 286 Å². The van der Waals surface area contributed by atoms with Crippen LogP contribution in [0.25, 0.3) is 0 Å². The number of carbonyl (C=O) groups is 4. The van der Waals surface area contributed by atoms with E-state index in [0.29, 0.717) is 23.5 Å². The predicted molar refractivity (Wildman–Crippen MR) is 176 cm³/mol. The highest BCUT2D eigenvalue weighted by atomic mass is 16.7. The molecule has 14 nitrogen and oxygen atoms in total. The summed E-state index contributed by atoms with van der Waals surface area (Å²) in [7, 11) is 5.02. The van der Waals surface area contributed by atoms with E-state index in [1.165, 1.54) is 21.0 Å². The topological polar surface area (TPSA) is 180 Å². The molecule has 2 amide bonds. The van der Waals surface area contributed by atoms with Crippen molar-refractivity contribution < 1.29 is 43.2 Å². The molecule has 3 heterocycles. The maximum Gasteiger partial charge on any atom is 0.408 e. The zero-order chi connectivity index (χ0) is 36.1. The van der Waals surface area contributed by atoms with Crippen LogP contribution in [0.2, 0.25) is 0 Å². The standard InChI is InChI=1S/C35H45N5O9/c1-16-10-19-11-21-23(13-36)40-22(27(39(21)7)25(19)32(31(16)47-9)48-15-46-8)12-20-26(30(43)29(42)17(2)28(20)41)24(40)14-37-33(44)18(3)38-34(45)49-35(4,5)6/h10,18,21-24,27,41H,11-12,14-15H2,1-9H3,(H,37,44)(H,38,45)/t18?,21?,22?,23-,24?,27?/m0/s1. The minimum Gasteiger partial charge on any atom is -0.507 e. The van der Waals surface area contributed by atoms with E-state index < -0.39 is 59.4 Å². The number of benzene rings is 1. The molecule has 6 atom stereocenters. The molecule has 4 aliphatic rings. The average Bonchev–Trinajstić information content (AvgIpc) is 3.03. The third-order valence-electron chi connectivity index (χ3n) is 9.78. The van der Waals surface area contributed by atoms with Gasteiger partial charge >= 0.3 is 6.09 Å². The second kappa shape index (κ2) is 13.5. The summed E-state index contributed by atoms with van der Waals surface area (Å²) in [5, 5.41) is 27.4. The average molecular weight is 680 g/mol. The summed E-state index contributed by atoms with van der Waals surface area (Å²) in [5.74, 6) is -1.42. The quantitative estimate of drug-likeness (QED) is 0.208. The summed E-state index contributed by atoms with van der Waals surface area (Å²) in [6.07, 6.45) is -0.168. The summed E-state index contributed by atoms with van der Waals surface area (Å²) >= 11 is 0. The van der Waals surface area contributed by atoms with Crippen LogP contribution >= 0.6 is 0 Å². The van der Waals surface area contributed by atoms with E-state index in [1.54, 1.807) is 27.9 Å². The van der Waals surface area contributed by atoms with Gasteiger partial charge in [-0.1, -0.05) is 6.07 Å². The fourth-order valence-corrected chi connectivity index (χ4v) is 7.72. The van der Waals surface area contributed by atoms with Crippen molar-refractivity contribution in [1.82, 2.24) is 20.4 Å². The Morgan fingerprint density at radius 2 is 1.82 bits per heavy atom. The maximum absolute atomic E-state index is 13.7. The lowest BCUT2D eigenvalue weighted by atomic mass is 9.70. The van der Waals surface area contributed by atoms with Crippen LogP contribution in [0.1, 0.15) is 63.8 Å². The largest absolute Gasteiger partial charge is 0.507 e. The molecule has 0 saturated carbocycles. The zero-order valence-electron chi connectivity index (χ0n) is 29.4. The summed E-state index contributed by atoms with van der Waals surface area (Å²) in [6.45, 7) is 9.71. The summed E-state index contributed by atoms with van der Waals surface area (Å²) < 4.78 is 22.5. The fraction of sp³-hybridized carbons (Fsp3) is 0.571. The number of nitrogens with zero attached hydrogens (tertiary/aromatic N) is 3. The van der Waals surface area contributed by atoms with Crippen LogP contribution in [0.3, 0.4) is 0 Å². The predicted octanol–water partition coefficient (Wildman–Crippen LogP) is 2.54. The Bertz CT molecular complexity index is 1690. The minimum absolute atomic E-state index is 0.0415. The van der Waals surface area contributed by atoms with Crippen molar-refractivity contribution in [3.8, 4) is 17.6 Å². The van der Waals surface area contributed by atoms with Gasteiger partial charge in [0.25, 0.3) is 0 Å². The van der Waals surface area contributed by atoms with E-state index in [0.717, 1.165) is 16.7 Å². The number of aryl methyl sites for hydroxylation is 1. The molecule has 264 valence electrons. The number of Topliss-reactive ketones (excluding diaryl/α,β-unsaturated/α-hetero) is 2. The first-order chi connectivity index (χ1) is 23.1. The molecule has 1 aromatic rings. The Hall–Kier alpha value is -4.45. The molecule has 1 aliphatic carbocycles. The number of aliphatic hydroxyl groups excluding tert-OH is 1. The molecule has 0 radical (unpaired) electrons. The lowest BCUT2D eigenvalue weighted by Crippen LogP contribution is -2.71. The highest BCUT2D eigenvalue weighted by Crippen LogP contribution is 2.54. The van der Waals surface area contributed by atoms with Crippen molar-refractivity contribution in [2.75, 3.05) is 34.6 Å². The van der Waals surface area contributed by atoms with Crippen molar-refractivity contribution in [2.45, 2.75) is 96.2 Å². The van der Waals surface area contributed by atoms with E-state index in [1.807, 2.05) is 24.9 Å². The molecule has 1 aromatic carbocycles. The Morgan fingerprint density at radius 3 is 2.43 bits per heavy atom. The van der Waals surface area contributed by atoms with Gasteiger partial charge in [-0.15, -0.1) is 0 Å². The molecule has 5 rings (SSSR count). The number of fused-ring (bicyclic) bond motifs is 6. The first-order valence-electron chi connectivity index (χ1n) is 16.3. The molecule has 2 bridgehead atoms. The first-order valence-corrected chi connectivity index (χ1v) is 16.3. The zero-order valence-corrected chi connectivity index (χ0v) is 29.4. The van der Waals surface area contributed by atoms with Gasteiger partial charge in [0.1, 0.15) is 23.4 Å². The van der Waals surface area contributed by atoms with Crippen LogP contribution in [0, 0.1) is 18.3 Å². The Balaban J connectivity index is 1.61. The number of allylic oxidation sites excluding steroid dienone is 2. The SMILES string of the molecule is COCOc1c(OC)c(C)cc2c1C1C3CC4=C(C(=O)C(=O)C(C)=C4O)C(CNC(=O)C(C)NC(=O)OC(C)(C)C)N3[C@@H](C#N)C(C2)N1C. The van der Waals surface area contributed by atoms with Crippen LogP contribution in [0.4, 0.5) is 4.79 Å². The number of ether oxygens (including phenoxy) is 4. The number of hydrogen-bond donors (Lipinski definition) is 3. The molecule has 14 heteroatoms. The molecule has 5 unspecified atom stereocenters. The number of rotatable bonds is 8. The maximum atomic E-state index is 13.7. The smallest absolute Gasteiger partial charge is 0.408 e. The molecule has 1 saturated heterocycles. The number of nitrogens with one attached hydrogen (secondary N) is 2. The van der Waals surface area contributed by atoms with Crippen LogP contribution in [-0.2, 0) is 30.3 Å².